The van der Waals surface area contributed by atoms with Gasteiger partial charge in [0.05, 0.1) is 18.4 Å². The molecular weight excluding hydrogens is 312 g/mol. The highest BCUT2D eigenvalue weighted by atomic mass is 79.9. The zero-order valence-corrected chi connectivity index (χ0v) is 12.2. The Morgan fingerprint density at radius 2 is 2.32 bits per heavy atom. The number of halogens is 1. The third-order valence-corrected chi connectivity index (χ3v) is 4.45. The number of hydrogen-bond acceptors (Lipinski definition) is 3. The Hall–Kier alpha value is -1.40. The van der Waals surface area contributed by atoms with Gasteiger partial charge < -0.3 is 5.32 Å². The molecule has 3 rings (SSSR count). The molecule has 1 aliphatic heterocycles. The fourth-order valence-corrected chi connectivity index (χ4v) is 3.13. The van der Waals surface area contributed by atoms with Crippen molar-refractivity contribution in [3.05, 3.63) is 28.2 Å². The van der Waals surface area contributed by atoms with E-state index in [2.05, 4.69) is 21.2 Å². The van der Waals surface area contributed by atoms with Crippen LogP contribution < -0.4 is 5.32 Å². The Labute approximate surface area is 119 Å². The van der Waals surface area contributed by atoms with Crippen molar-refractivity contribution in [2.24, 2.45) is 5.92 Å². The minimum Gasteiger partial charge on any atom is -0.325 e. The van der Waals surface area contributed by atoms with Gasteiger partial charge >= 0.3 is 0 Å². The van der Waals surface area contributed by atoms with Gasteiger partial charge in [0.1, 0.15) is 0 Å². The molecule has 1 fully saturated rings. The van der Waals surface area contributed by atoms with Crippen molar-refractivity contribution in [1.29, 1.82) is 0 Å². The first-order valence-corrected chi connectivity index (χ1v) is 6.73. The normalized spacial score (nSPS) is 27.1. The Morgan fingerprint density at radius 1 is 1.58 bits per heavy atom. The molecular formula is C13H13BrN2O3. The first-order valence-electron chi connectivity index (χ1n) is 5.94. The smallest absolute Gasteiger partial charge is 0.250 e. The predicted molar refractivity (Wildman–Crippen MR) is 72.3 cm³/mol. The molecule has 1 aromatic carbocycles. The maximum absolute atomic E-state index is 12.2. The molecule has 6 heteroatoms. The van der Waals surface area contributed by atoms with Crippen molar-refractivity contribution < 1.29 is 14.4 Å². The maximum atomic E-state index is 12.2. The molecule has 1 spiro atoms. The summed E-state index contributed by atoms with van der Waals surface area (Å²) in [6.07, 6.45) is 0.537. The minimum absolute atomic E-state index is 0.0940. The average molecular weight is 325 g/mol. The van der Waals surface area contributed by atoms with E-state index in [0.29, 0.717) is 6.42 Å². The van der Waals surface area contributed by atoms with Crippen molar-refractivity contribution in [3.63, 3.8) is 0 Å². The second-order valence-electron chi connectivity index (χ2n) is 4.89. The number of fused-ring (bicyclic) bond motifs is 2. The highest BCUT2D eigenvalue weighted by molar-refractivity contribution is 9.10. The van der Waals surface area contributed by atoms with E-state index in [4.69, 9.17) is 4.84 Å². The molecule has 1 heterocycles. The number of carbonyl (C=O) groups excluding carboxylic acids is 2. The molecule has 1 N–H and O–H groups in total. The van der Waals surface area contributed by atoms with E-state index >= 15 is 0 Å². The molecule has 1 saturated carbocycles. The molecule has 0 bridgehead atoms. The van der Waals surface area contributed by atoms with Gasteiger partial charge in [-0.1, -0.05) is 15.9 Å². The second-order valence-corrected chi connectivity index (χ2v) is 5.81. The monoisotopic (exact) mass is 324 g/mol. The summed E-state index contributed by atoms with van der Waals surface area (Å²) >= 11 is 3.40. The summed E-state index contributed by atoms with van der Waals surface area (Å²) in [7, 11) is 3.00. The van der Waals surface area contributed by atoms with Crippen LogP contribution in [0.15, 0.2) is 22.7 Å². The summed E-state index contributed by atoms with van der Waals surface area (Å²) in [5.74, 6) is -0.595. The lowest BCUT2D eigenvalue weighted by atomic mass is 9.94. The van der Waals surface area contributed by atoms with Crippen LogP contribution in [0.25, 0.3) is 0 Å². The summed E-state index contributed by atoms with van der Waals surface area (Å²) < 4.78 is 0.903. The molecule has 0 aromatic heterocycles. The minimum atomic E-state index is -0.705. The molecule has 2 aliphatic rings. The lowest BCUT2D eigenvalue weighted by Crippen LogP contribution is -2.32. The van der Waals surface area contributed by atoms with E-state index in [1.165, 1.54) is 12.2 Å². The van der Waals surface area contributed by atoms with Gasteiger partial charge in [-0.2, -0.15) is 0 Å². The van der Waals surface area contributed by atoms with E-state index in [9.17, 15) is 9.59 Å². The standard InChI is InChI=1S/C13H13BrN2O3/c1-16(19-2)11(17)9-6-13(9)8-5-7(14)3-4-10(8)15-12(13)18/h3-5,9H,6H2,1-2H3,(H,15,18)/t9-,13-/m1/s1. The predicted octanol–water partition coefficient (Wildman–Crippen LogP) is 1.68. The second kappa shape index (κ2) is 4.05. The van der Waals surface area contributed by atoms with Gasteiger partial charge in [0.2, 0.25) is 11.8 Å². The first kappa shape index (κ1) is 12.6. The van der Waals surface area contributed by atoms with Gasteiger partial charge in [-0.25, -0.2) is 5.06 Å². The van der Waals surface area contributed by atoms with E-state index in [-0.39, 0.29) is 17.7 Å². The number of hydrogen-bond donors (Lipinski definition) is 1. The van der Waals surface area contributed by atoms with Crippen molar-refractivity contribution in [1.82, 2.24) is 5.06 Å². The number of carbonyl (C=O) groups is 2. The molecule has 2 amide bonds. The topological polar surface area (TPSA) is 58.6 Å². The Morgan fingerprint density at radius 3 is 3.00 bits per heavy atom. The fourth-order valence-electron chi connectivity index (χ4n) is 2.77. The Kier molecular flexibility index (Phi) is 2.69. The summed E-state index contributed by atoms with van der Waals surface area (Å²) in [6, 6.07) is 5.64. The van der Waals surface area contributed by atoms with Crippen molar-refractivity contribution in [2.45, 2.75) is 11.8 Å². The van der Waals surface area contributed by atoms with Gasteiger partial charge in [0, 0.05) is 17.2 Å². The van der Waals surface area contributed by atoms with E-state index in [1.54, 1.807) is 7.05 Å². The molecule has 19 heavy (non-hydrogen) atoms. The average Bonchev–Trinajstić information content (AvgIpc) is 3.09. The molecule has 100 valence electrons. The number of amides is 2. The van der Waals surface area contributed by atoms with Crippen LogP contribution in [0.3, 0.4) is 0 Å². The SMILES string of the molecule is CON(C)C(=O)[C@H]1C[C@]12C(=O)Nc1ccc(Br)cc12. The zero-order valence-electron chi connectivity index (χ0n) is 10.6. The maximum Gasteiger partial charge on any atom is 0.250 e. The lowest BCUT2D eigenvalue weighted by molar-refractivity contribution is -0.170. The Balaban J connectivity index is 1.98. The molecule has 0 radical (unpaired) electrons. The van der Waals surface area contributed by atoms with E-state index < -0.39 is 5.41 Å². The quantitative estimate of drug-likeness (QED) is 0.842. The zero-order chi connectivity index (χ0) is 13.8. The third-order valence-electron chi connectivity index (χ3n) is 3.96. The van der Waals surface area contributed by atoms with Crippen LogP contribution >= 0.6 is 15.9 Å². The van der Waals surface area contributed by atoms with Crippen molar-refractivity contribution >= 4 is 33.4 Å². The molecule has 0 saturated heterocycles. The molecule has 0 unspecified atom stereocenters. The highest BCUT2D eigenvalue weighted by Gasteiger charge is 2.68. The summed E-state index contributed by atoms with van der Waals surface area (Å²) in [6.45, 7) is 0. The fraction of sp³-hybridized carbons (Fsp3) is 0.385. The number of hydroxylamine groups is 2. The summed E-state index contributed by atoms with van der Waals surface area (Å²) in [5, 5.41) is 4.03. The van der Waals surface area contributed by atoms with Gasteiger partial charge in [0.25, 0.3) is 0 Å². The van der Waals surface area contributed by atoms with Crippen LogP contribution in [0.1, 0.15) is 12.0 Å². The van der Waals surface area contributed by atoms with Gasteiger partial charge in [-0.3, -0.25) is 14.4 Å². The lowest BCUT2D eigenvalue weighted by Gasteiger charge is -2.15. The van der Waals surface area contributed by atoms with Crippen molar-refractivity contribution in [3.8, 4) is 0 Å². The molecule has 1 aromatic rings. The van der Waals surface area contributed by atoms with Crippen LogP contribution in [-0.2, 0) is 19.8 Å². The van der Waals surface area contributed by atoms with Crippen LogP contribution in [0.2, 0.25) is 0 Å². The summed E-state index contributed by atoms with van der Waals surface area (Å²) in [4.78, 5) is 29.3. The van der Waals surface area contributed by atoms with Gasteiger partial charge in [-0.05, 0) is 30.2 Å². The van der Waals surface area contributed by atoms with Crippen LogP contribution in [0, 0.1) is 5.92 Å². The highest BCUT2D eigenvalue weighted by Crippen LogP contribution is 2.60. The summed E-state index contributed by atoms with van der Waals surface area (Å²) in [5.41, 5.74) is 0.987. The van der Waals surface area contributed by atoms with Crippen molar-refractivity contribution in [2.75, 3.05) is 19.5 Å². The van der Waals surface area contributed by atoms with Gasteiger partial charge in [-0.15, -0.1) is 0 Å². The van der Waals surface area contributed by atoms with E-state index in [1.807, 2.05) is 18.2 Å². The number of nitrogens with zero attached hydrogens (tertiary/aromatic N) is 1. The molecule has 1 aliphatic carbocycles. The number of rotatable bonds is 2. The Bertz CT molecular complexity index is 589. The number of benzene rings is 1. The van der Waals surface area contributed by atoms with E-state index in [0.717, 1.165) is 15.7 Å². The third kappa shape index (κ3) is 1.63. The number of anilines is 1. The number of nitrogens with one attached hydrogen (secondary N) is 1. The largest absolute Gasteiger partial charge is 0.325 e. The van der Waals surface area contributed by atoms with Crippen LogP contribution in [0.5, 0.6) is 0 Å². The van der Waals surface area contributed by atoms with Crippen LogP contribution in [0.4, 0.5) is 5.69 Å². The molecule has 2 atom stereocenters. The van der Waals surface area contributed by atoms with Gasteiger partial charge in [0.15, 0.2) is 0 Å². The first-order chi connectivity index (χ1) is 9.00. The molecule has 5 nitrogen and oxygen atoms in total. The van der Waals surface area contributed by atoms with Crippen LogP contribution in [-0.4, -0.2) is 31.0 Å².